The summed E-state index contributed by atoms with van der Waals surface area (Å²) in [5.74, 6) is 1.75. The third-order valence-corrected chi connectivity index (χ3v) is 3.00. The smallest absolute Gasteiger partial charge is 0.194 e. The summed E-state index contributed by atoms with van der Waals surface area (Å²) in [6, 6.07) is 3.82. The number of rotatable bonds is 4. The van der Waals surface area contributed by atoms with Gasteiger partial charge < -0.3 is 24.1 Å². The lowest BCUT2D eigenvalue weighted by molar-refractivity contribution is -0.0447. The zero-order valence-electron chi connectivity index (χ0n) is 11.5. The van der Waals surface area contributed by atoms with E-state index in [9.17, 15) is 0 Å². The summed E-state index contributed by atoms with van der Waals surface area (Å²) in [5.41, 5.74) is 0. The Morgan fingerprint density at radius 2 is 2.53 bits per heavy atom. The molecule has 2 rings (SSSR count). The third-order valence-electron chi connectivity index (χ3n) is 3.00. The summed E-state index contributed by atoms with van der Waals surface area (Å²) in [4.78, 5) is 6.48. The number of morpholine rings is 1. The van der Waals surface area contributed by atoms with E-state index in [0.29, 0.717) is 19.8 Å². The van der Waals surface area contributed by atoms with Crippen LogP contribution >= 0.6 is 0 Å². The molecule has 19 heavy (non-hydrogen) atoms. The highest BCUT2D eigenvalue weighted by atomic mass is 16.5. The number of ether oxygens (including phenoxy) is 2. The molecule has 0 spiro atoms. The molecule has 1 aliphatic rings. The van der Waals surface area contributed by atoms with Gasteiger partial charge in [-0.15, -0.1) is 0 Å². The zero-order valence-corrected chi connectivity index (χ0v) is 11.5. The first kappa shape index (κ1) is 13.9. The van der Waals surface area contributed by atoms with Crippen LogP contribution in [-0.2, 0) is 16.0 Å². The summed E-state index contributed by atoms with van der Waals surface area (Å²) in [6.45, 7) is 3.54. The van der Waals surface area contributed by atoms with Gasteiger partial charge >= 0.3 is 0 Å². The number of nitrogens with zero attached hydrogens (tertiary/aromatic N) is 2. The van der Waals surface area contributed by atoms with Crippen molar-refractivity contribution in [3.63, 3.8) is 0 Å². The van der Waals surface area contributed by atoms with Gasteiger partial charge in [-0.05, 0) is 12.1 Å². The molecule has 1 unspecified atom stereocenters. The number of nitrogens with one attached hydrogen (secondary N) is 1. The second-order valence-corrected chi connectivity index (χ2v) is 4.37. The molecule has 1 saturated heterocycles. The molecule has 0 bridgehead atoms. The molecular weight excluding hydrogens is 246 g/mol. The van der Waals surface area contributed by atoms with Crippen molar-refractivity contribution in [1.82, 2.24) is 10.2 Å². The number of methoxy groups -OCH3 is 1. The molecule has 1 N–H and O–H groups in total. The van der Waals surface area contributed by atoms with E-state index in [4.69, 9.17) is 13.9 Å². The minimum atomic E-state index is 0.0981. The minimum Gasteiger partial charge on any atom is -0.467 e. The van der Waals surface area contributed by atoms with Gasteiger partial charge in [-0.2, -0.15) is 0 Å². The molecule has 1 aromatic heterocycles. The SMILES string of the molecule is CN=C(NCc1ccco1)N1CCOC(COC)C1. The van der Waals surface area contributed by atoms with E-state index in [1.165, 1.54) is 0 Å². The van der Waals surface area contributed by atoms with Gasteiger partial charge in [0.2, 0.25) is 0 Å². The summed E-state index contributed by atoms with van der Waals surface area (Å²) in [7, 11) is 3.47. The van der Waals surface area contributed by atoms with E-state index in [-0.39, 0.29) is 6.10 Å². The Bertz CT molecular complexity index is 390. The Morgan fingerprint density at radius 1 is 1.63 bits per heavy atom. The molecule has 0 amide bonds. The van der Waals surface area contributed by atoms with Gasteiger partial charge in [-0.1, -0.05) is 0 Å². The second-order valence-electron chi connectivity index (χ2n) is 4.37. The van der Waals surface area contributed by atoms with Crippen molar-refractivity contribution >= 4 is 5.96 Å². The largest absolute Gasteiger partial charge is 0.467 e. The van der Waals surface area contributed by atoms with Crippen molar-refractivity contribution in [2.24, 2.45) is 4.99 Å². The molecule has 0 aliphatic carbocycles. The van der Waals surface area contributed by atoms with Crippen molar-refractivity contribution in [2.45, 2.75) is 12.6 Å². The quantitative estimate of drug-likeness (QED) is 0.643. The zero-order chi connectivity index (χ0) is 13.5. The number of guanidine groups is 1. The van der Waals surface area contributed by atoms with E-state index in [2.05, 4.69) is 15.2 Å². The Labute approximate surface area is 113 Å². The van der Waals surface area contributed by atoms with Crippen LogP contribution in [0, 0.1) is 0 Å². The molecule has 0 saturated carbocycles. The van der Waals surface area contributed by atoms with Crippen LogP contribution in [0.3, 0.4) is 0 Å². The maximum absolute atomic E-state index is 5.63. The second kappa shape index (κ2) is 7.16. The first-order valence-electron chi connectivity index (χ1n) is 6.42. The van der Waals surface area contributed by atoms with Gasteiger partial charge in [0.1, 0.15) is 5.76 Å². The van der Waals surface area contributed by atoms with Gasteiger partial charge in [0.05, 0.1) is 32.1 Å². The molecule has 1 aromatic rings. The van der Waals surface area contributed by atoms with Crippen molar-refractivity contribution in [3.05, 3.63) is 24.2 Å². The van der Waals surface area contributed by atoms with Crippen LogP contribution in [-0.4, -0.2) is 57.4 Å². The van der Waals surface area contributed by atoms with Crippen LogP contribution in [0.15, 0.2) is 27.8 Å². The lowest BCUT2D eigenvalue weighted by atomic mass is 10.3. The van der Waals surface area contributed by atoms with Crippen molar-refractivity contribution in [1.29, 1.82) is 0 Å². The van der Waals surface area contributed by atoms with Gasteiger partial charge in [-0.3, -0.25) is 4.99 Å². The number of furan rings is 1. The van der Waals surface area contributed by atoms with E-state index in [1.54, 1.807) is 20.4 Å². The average molecular weight is 267 g/mol. The van der Waals surface area contributed by atoms with E-state index in [1.807, 2.05) is 12.1 Å². The van der Waals surface area contributed by atoms with Crippen molar-refractivity contribution in [3.8, 4) is 0 Å². The normalized spacial score (nSPS) is 20.6. The van der Waals surface area contributed by atoms with Crippen molar-refractivity contribution in [2.75, 3.05) is 40.5 Å². The molecule has 1 fully saturated rings. The molecule has 6 nitrogen and oxygen atoms in total. The van der Waals surface area contributed by atoms with E-state index >= 15 is 0 Å². The molecule has 1 aliphatic heterocycles. The predicted octanol–water partition coefficient (Wildman–Crippen LogP) is 0.702. The standard InChI is InChI=1S/C13H21N3O3/c1-14-13(15-8-11-4-3-6-18-11)16-5-7-19-12(9-16)10-17-2/h3-4,6,12H,5,7-10H2,1-2H3,(H,14,15). The lowest BCUT2D eigenvalue weighted by Gasteiger charge is -2.34. The molecular formula is C13H21N3O3. The lowest BCUT2D eigenvalue weighted by Crippen LogP contribution is -2.51. The van der Waals surface area contributed by atoms with Crippen LogP contribution in [0.5, 0.6) is 0 Å². The predicted molar refractivity (Wildman–Crippen MR) is 72.1 cm³/mol. The fourth-order valence-corrected chi connectivity index (χ4v) is 2.11. The average Bonchev–Trinajstić information content (AvgIpc) is 2.94. The summed E-state index contributed by atoms with van der Waals surface area (Å²) in [6.07, 6.45) is 1.77. The highest BCUT2D eigenvalue weighted by Gasteiger charge is 2.22. The number of hydrogen-bond donors (Lipinski definition) is 1. The van der Waals surface area contributed by atoms with Gasteiger partial charge in [0.15, 0.2) is 5.96 Å². The van der Waals surface area contributed by atoms with Crippen molar-refractivity contribution < 1.29 is 13.9 Å². The molecule has 1 atom stereocenters. The first-order chi connectivity index (χ1) is 9.33. The van der Waals surface area contributed by atoms with E-state index in [0.717, 1.165) is 24.8 Å². The van der Waals surface area contributed by atoms with Gasteiger partial charge in [-0.25, -0.2) is 0 Å². The van der Waals surface area contributed by atoms with Gasteiger partial charge in [0, 0.05) is 27.2 Å². The highest BCUT2D eigenvalue weighted by molar-refractivity contribution is 5.79. The molecule has 2 heterocycles. The minimum absolute atomic E-state index is 0.0981. The summed E-state index contributed by atoms with van der Waals surface area (Å²) < 4.78 is 16.1. The van der Waals surface area contributed by atoms with Crippen LogP contribution in [0.4, 0.5) is 0 Å². The van der Waals surface area contributed by atoms with Crippen LogP contribution in [0.25, 0.3) is 0 Å². The molecule has 6 heteroatoms. The maximum atomic E-state index is 5.63. The van der Waals surface area contributed by atoms with Gasteiger partial charge in [0.25, 0.3) is 0 Å². The topological polar surface area (TPSA) is 59.2 Å². The maximum Gasteiger partial charge on any atom is 0.194 e. The van der Waals surface area contributed by atoms with Crippen LogP contribution < -0.4 is 5.32 Å². The Morgan fingerprint density at radius 3 is 3.21 bits per heavy atom. The monoisotopic (exact) mass is 267 g/mol. The summed E-state index contributed by atoms with van der Waals surface area (Å²) in [5, 5.41) is 3.29. The first-order valence-corrected chi connectivity index (χ1v) is 6.42. The molecule has 0 aromatic carbocycles. The fraction of sp³-hybridized carbons (Fsp3) is 0.615. The number of aliphatic imine (C=N–C) groups is 1. The van der Waals surface area contributed by atoms with E-state index < -0.39 is 0 Å². The Balaban J connectivity index is 1.86. The number of hydrogen-bond acceptors (Lipinski definition) is 4. The third kappa shape index (κ3) is 3.97. The van der Waals surface area contributed by atoms with Crippen LogP contribution in [0.1, 0.15) is 5.76 Å². The summed E-state index contributed by atoms with van der Waals surface area (Å²) >= 11 is 0. The fourth-order valence-electron chi connectivity index (χ4n) is 2.11. The Hall–Kier alpha value is -1.53. The van der Waals surface area contributed by atoms with Crippen LogP contribution in [0.2, 0.25) is 0 Å². The highest BCUT2D eigenvalue weighted by Crippen LogP contribution is 2.06. The molecule has 106 valence electrons. The molecule has 0 radical (unpaired) electrons. The Kier molecular flexibility index (Phi) is 5.23.